The second-order valence-electron chi connectivity index (χ2n) is 9.47. The van der Waals surface area contributed by atoms with Crippen molar-refractivity contribution in [2.45, 2.75) is 56.9 Å². The number of carbonyl (C=O) groups excluding carboxylic acids is 1. The highest BCUT2D eigenvalue weighted by atomic mass is 35.5. The Hall–Kier alpha value is -2.29. The van der Waals surface area contributed by atoms with Gasteiger partial charge in [-0.15, -0.1) is 0 Å². The monoisotopic (exact) mass is 519 g/mol. The zero-order valence-corrected chi connectivity index (χ0v) is 22.0. The molecule has 0 radical (unpaired) electrons. The van der Waals surface area contributed by atoms with E-state index >= 15 is 0 Å². The number of piperazine rings is 1. The molecule has 7 nitrogen and oxygen atoms in total. The van der Waals surface area contributed by atoms with Crippen LogP contribution in [0.4, 0.5) is 5.69 Å². The fourth-order valence-corrected chi connectivity index (χ4v) is 6.37. The quantitative estimate of drug-likeness (QED) is 0.590. The second-order valence-corrected chi connectivity index (χ2v) is 11.6. The van der Waals surface area contributed by atoms with Crippen LogP contribution in [0.3, 0.4) is 0 Å². The number of aryl methyl sites for hydroxylation is 2. The number of nitrogens with one attached hydrogen (secondary N) is 1. The van der Waals surface area contributed by atoms with E-state index in [1.165, 1.54) is 6.42 Å². The Kier molecular flexibility index (Phi) is 8.24. The Bertz CT molecular complexity index is 1160. The molecule has 2 fully saturated rings. The van der Waals surface area contributed by atoms with E-state index in [4.69, 9.17) is 16.3 Å². The number of rotatable bonds is 7. The third-order valence-corrected chi connectivity index (χ3v) is 8.63. The summed E-state index contributed by atoms with van der Waals surface area (Å²) in [4.78, 5) is 17.0. The van der Waals surface area contributed by atoms with Gasteiger partial charge in [0.05, 0.1) is 4.90 Å². The van der Waals surface area contributed by atoms with Crippen LogP contribution in [-0.2, 0) is 14.8 Å². The molecule has 1 heterocycles. The van der Waals surface area contributed by atoms with Crippen molar-refractivity contribution in [1.29, 1.82) is 0 Å². The third-order valence-electron chi connectivity index (χ3n) is 6.88. The van der Waals surface area contributed by atoms with Gasteiger partial charge in [0.2, 0.25) is 10.0 Å². The summed E-state index contributed by atoms with van der Waals surface area (Å²) in [6.07, 6.45) is 5.05. The number of ether oxygens (including phenoxy) is 1. The van der Waals surface area contributed by atoms with Gasteiger partial charge in [0.25, 0.3) is 5.91 Å². The van der Waals surface area contributed by atoms with E-state index in [2.05, 4.69) is 16.5 Å². The summed E-state index contributed by atoms with van der Waals surface area (Å²) in [5, 5.41) is 0.705. The Morgan fingerprint density at radius 3 is 2.40 bits per heavy atom. The van der Waals surface area contributed by atoms with Crippen LogP contribution in [0.15, 0.2) is 41.3 Å². The average Bonchev–Trinajstić information content (AvgIpc) is 2.85. The van der Waals surface area contributed by atoms with E-state index in [-0.39, 0.29) is 23.5 Å². The molecule has 0 aromatic heterocycles. The third kappa shape index (κ3) is 6.48. The first-order valence-corrected chi connectivity index (χ1v) is 14.1. The summed E-state index contributed by atoms with van der Waals surface area (Å²) in [5.41, 5.74) is 2.95. The Morgan fingerprint density at radius 2 is 1.71 bits per heavy atom. The van der Waals surface area contributed by atoms with Crippen molar-refractivity contribution < 1.29 is 17.9 Å². The van der Waals surface area contributed by atoms with Crippen molar-refractivity contribution >= 4 is 33.2 Å². The lowest BCUT2D eigenvalue weighted by atomic mass is 9.96. The van der Waals surface area contributed by atoms with Crippen molar-refractivity contribution in [3.63, 3.8) is 0 Å². The molecular weight excluding hydrogens is 486 g/mol. The van der Waals surface area contributed by atoms with Gasteiger partial charge >= 0.3 is 0 Å². The summed E-state index contributed by atoms with van der Waals surface area (Å²) < 4.78 is 34.2. The minimum atomic E-state index is -3.58. The smallest absolute Gasteiger partial charge is 0.260 e. The Balaban J connectivity index is 1.30. The molecule has 1 N–H and O–H groups in total. The Labute approximate surface area is 213 Å². The van der Waals surface area contributed by atoms with Gasteiger partial charge in [-0.1, -0.05) is 36.9 Å². The number of benzene rings is 2. The zero-order valence-electron chi connectivity index (χ0n) is 20.4. The van der Waals surface area contributed by atoms with Crippen molar-refractivity contribution in [3.8, 4) is 5.75 Å². The van der Waals surface area contributed by atoms with Gasteiger partial charge in [0.15, 0.2) is 6.61 Å². The number of hydrogen-bond donors (Lipinski definition) is 1. The first kappa shape index (κ1) is 25.8. The van der Waals surface area contributed by atoms with Crippen LogP contribution >= 0.6 is 11.6 Å². The van der Waals surface area contributed by atoms with Crippen LogP contribution in [0.1, 0.15) is 43.2 Å². The van der Waals surface area contributed by atoms with Crippen molar-refractivity contribution in [3.05, 3.63) is 52.5 Å². The maximum absolute atomic E-state index is 12.8. The summed E-state index contributed by atoms with van der Waals surface area (Å²) in [7, 11) is -3.58. The molecule has 2 aromatic carbocycles. The summed E-state index contributed by atoms with van der Waals surface area (Å²) in [6, 6.07) is 10.7. The normalized spacial score (nSPS) is 17.5. The van der Waals surface area contributed by atoms with E-state index in [0.29, 0.717) is 29.4 Å². The van der Waals surface area contributed by atoms with Crippen molar-refractivity contribution in [2.75, 3.05) is 37.7 Å². The molecule has 35 heavy (non-hydrogen) atoms. The summed E-state index contributed by atoms with van der Waals surface area (Å²) in [6.45, 7) is 6.45. The predicted octanol–water partition coefficient (Wildman–Crippen LogP) is 4.30. The number of halogens is 1. The molecule has 1 amide bonds. The Morgan fingerprint density at radius 1 is 1.00 bits per heavy atom. The van der Waals surface area contributed by atoms with Crippen LogP contribution in [0, 0.1) is 13.8 Å². The molecule has 4 rings (SSSR count). The molecule has 1 aliphatic carbocycles. The van der Waals surface area contributed by atoms with Crippen molar-refractivity contribution in [1.82, 2.24) is 9.62 Å². The van der Waals surface area contributed by atoms with Gasteiger partial charge in [-0.25, -0.2) is 13.1 Å². The highest BCUT2D eigenvalue weighted by Gasteiger charge is 2.24. The average molecular weight is 520 g/mol. The highest BCUT2D eigenvalue weighted by molar-refractivity contribution is 7.89. The number of sulfonamides is 1. The maximum Gasteiger partial charge on any atom is 0.260 e. The lowest BCUT2D eigenvalue weighted by molar-refractivity contribution is -0.133. The van der Waals surface area contributed by atoms with Crippen LogP contribution in [-0.4, -0.2) is 58.1 Å². The van der Waals surface area contributed by atoms with Crippen LogP contribution in [0.2, 0.25) is 5.02 Å². The molecule has 0 atom stereocenters. The number of anilines is 1. The topological polar surface area (TPSA) is 78.9 Å². The van der Waals surface area contributed by atoms with E-state index < -0.39 is 10.0 Å². The molecule has 2 aromatic rings. The minimum Gasteiger partial charge on any atom is -0.483 e. The second kappa shape index (κ2) is 11.2. The van der Waals surface area contributed by atoms with E-state index in [9.17, 15) is 13.2 Å². The van der Waals surface area contributed by atoms with Gasteiger partial charge in [-0.3, -0.25) is 4.79 Å². The minimum absolute atomic E-state index is 0.00543. The van der Waals surface area contributed by atoms with Crippen LogP contribution < -0.4 is 14.4 Å². The summed E-state index contributed by atoms with van der Waals surface area (Å²) >= 11 is 6.16. The first-order chi connectivity index (χ1) is 16.7. The molecule has 9 heteroatoms. The van der Waals surface area contributed by atoms with E-state index in [1.807, 2.05) is 18.2 Å². The molecule has 1 aliphatic heterocycles. The molecule has 190 valence electrons. The van der Waals surface area contributed by atoms with Crippen molar-refractivity contribution in [2.24, 2.45) is 0 Å². The first-order valence-electron chi connectivity index (χ1n) is 12.3. The van der Waals surface area contributed by atoms with Gasteiger partial charge in [0, 0.05) is 42.9 Å². The zero-order chi connectivity index (χ0) is 25.0. The molecule has 2 aliphatic rings. The number of amides is 1. The van der Waals surface area contributed by atoms with Gasteiger partial charge in [-0.05, 0) is 68.1 Å². The maximum atomic E-state index is 12.8. The predicted molar refractivity (Wildman–Crippen MR) is 139 cm³/mol. The molecule has 1 saturated heterocycles. The lowest BCUT2D eigenvalue weighted by Gasteiger charge is -2.36. The van der Waals surface area contributed by atoms with E-state index in [0.717, 1.165) is 50.0 Å². The van der Waals surface area contributed by atoms with Crippen LogP contribution in [0.25, 0.3) is 0 Å². The SMILES string of the molecule is Cc1cc(S(=O)(=O)NC2CCCCC2)ccc1OCC(=O)N1CCN(c2cc(Cl)ccc2C)CC1. The number of hydrogen-bond acceptors (Lipinski definition) is 5. The molecule has 0 unspecified atom stereocenters. The highest BCUT2D eigenvalue weighted by Crippen LogP contribution is 2.26. The molecule has 0 bridgehead atoms. The van der Waals surface area contributed by atoms with E-state index in [1.54, 1.807) is 30.0 Å². The molecule has 1 saturated carbocycles. The fourth-order valence-electron chi connectivity index (χ4n) is 4.81. The summed E-state index contributed by atoms with van der Waals surface area (Å²) in [5.74, 6) is 0.436. The lowest BCUT2D eigenvalue weighted by Crippen LogP contribution is -2.50. The fraction of sp³-hybridized carbons (Fsp3) is 0.500. The number of carbonyl (C=O) groups is 1. The van der Waals surface area contributed by atoms with Crippen LogP contribution in [0.5, 0.6) is 5.75 Å². The number of nitrogens with zero attached hydrogens (tertiary/aromatic N) is 2. The van der Waals surface area contributed by atoms with Gasteiger partial charge < -0.3 is 14.5 Å². The molecular formula is C26H34ClN3O4S. The standard InChI is InChI=1S/C26H34ClN3O4S/c1-19-8-9-21(27)17-24(19)29-12-14-30(15-13-29)26(31)18-34-25-11-10-23(16-20(25)2)35(32,33)28-22-6-4-3-5-7-22/h8-11,16-17,22,28H,3-7,12-15,18H2,1-2H3. The van der Waals surface area contributed by atoms with Gasteiger partial charge in [-0.2, -0.15) is 0 Å². The molecule has 0 spiro atoms. The largest absolute Gasteiger partial charge is 0.483 e. The van der Waals surface area contributed by atoms with Gasteiger partial charge in [0.1, 0.15) is 5.75 Å².